The van der Waals surface area contributed by atoms with Gasteiger partial charge in [0.1, 0.15) is 0 Å². The van der Waals surface area contributed by atoms with Crippen LogP contribution in [0.1, 0.15) is 24.3 Å². The van der Waals surface area contributed by atoms with E-state index in [1.54, 1.807) is 10.9 Å². The van der Waals surface area contributed by atoms with Gasteiger partial charge in [-0.15, -0.1) is 16.4 Å². The van der Waals surface area contributed by atoms with Crippen LogP contribution in [0.4, 0.5) is 0 Å². The minimum atomic E-state index is -0.763. The highest BCUT2D eigenvalue weighted by atomic mass is 32.1. The number of aliphatic carboxylic acids is 1. The van der Waals surface area contributed by atoms with Crippen molar-refractivity contribution >= 4 is 17.3 Å². The molecule has 3 rings (SSSR count). The average molecular weight is 279 g/mol. The van der Waals surface area contributed by atoms with Crippen LogP contribution < -0.4 is 0 Å². The molecule has 0 unspecified atom stereocenters. The van der Waals surface area contributed by atoms with E-state index in [0.717, 1.165) is 16.3 Å². The van der Waals surface area contributed by atoms with Crippen LogP contribution in [0.3, 0.4) is 0 Å². The summed E-state index contributed by atoms with van der Waals surface area (Å²) in [5, 5.41) is 21.8. The fourth-order valence-electron chi connectivity index (χ4n) is 2.28. The topological polar surface area (TPSA) is 93.8 Å². The molecule has 0 amide bonds. The molecular weight excluding hydrogens is 266 g/mol. The first-order valence-corrected chi connectivity index (χ1v) is 6.85. The molecule has 100 valence electrons. The van der Waals surface area contributed by atoms with Gasteiger partial charge in [-0.2, -0.15) is 0 Å². The lowest BCUT2D eigenvalue weighted by molar-refractivity contribution is -0.156. The molecule has 8 heteroatoms. The van der Waals surface area contributed by atoms with E-state index in [-0.39, 0.29) is 0 Å². The predicted molar refractivity (Wildman–Crippen MR) is 67.6 cm³/mol. The van der Waals surface area contributed by atoms with Crippen LogP contribution in [0, 0.1) is 12.3 Å². The Bertz CT molecular complexity index is 616. The van der Waals surface area contributed by atoms with Crippen LogP contribution in [-0.4, -0.2) is 36.3 Å². The Morgan fingerprint density at radius 2 is 2.37 bits per heavy atom. The number of thiazole rings is 1. The first-order chi connectivity index (χ1) is 9.11. The number of aromatic nitrogens is 5. The monoisotopic (exact) mass is 279 g/mol. The molecule has 0 spiro atoms. The number of rotatable bonds is 4. The number of hydrogen-bond donors (Lipinski definition) is 1. The standard InChI is InChI=1S/C11H13N5O2S/c1-7-12-5-8(19-7)9-13-14-15-16(9)6-11(10(17)18)3-2-4-11/h5H,2-4,6H2,1H3,(H,17,18). The maximum Gasteiger partial charge on any atom is 0.311 e. The summed E-state index contributed by atoms with van der Waals surface area (Å²) in [4.78, 5) is 16.4. The number of carbonyl (C=O) groups is 1. The van der Waals surface area contributed by atoms with E-state index in [0.29, 0.717) is 25.2 Å². The molecule has 7 nitrogen and oxygen atoms in total. The van der Waals surface area contributed by atoms with Crippen LogP contribution in [-0.2, 0) is 11.3 Å². The molecule has 2 heterocycles. The second kappa shape index (κ2) is 4.37. The summed E-state index contributed by atoms with van der Waals surface area (Å²) in [6, 6.07) is 0. The Hall–Kier alpha value is -1.83. The molecule has 1 aliphatic carbocycles. The van der Waals surface area contributed by atoms with E-state index in [4.69, 9.17) is 0 Å². The van der Waals surface area contributed by atoms with Gasteiger partial charge in [0.05, 0.1) is 21.8 Å². The van der Waals surface area contributed by atoms with Crippen molar-refractivity contribution in [2.45, 2.75) is 32.7 Å². The lowest BCUT2D eigenvalue weighted by atomic mass is 9.69. The summed E-state index contributed by atoms with van der Waals surface area (Å²) in [6.45, 7) is 2.23. The SMILES string of the molecule is Cc1ncc(-c2nnnn2CC2(C(=O)O)CCC2)s1. The van der Waals surface area contributed by atoms with Crippen molar-refractivity contribution in [2.75, 3.05) is 0 Å². The van der Waals surface area contributed by atoms with E-state index in [2.05, 4.69) is 20.5 Å². The van der Waals surface area contributed by atoms with Crippen molar-refractivity contribution in [3.8, 4) is 10.7 Å². The zero-order valence-electron chi connectivity index (χ0n) is 10.4. The summed E-state index contributed by atoms with van der Waals surface area (Å²) in [7, 11) is 0. The molecule has 2 aromatic rings. The number of carboxylic acid groups (broad SMARTS) is 1. The van der Waals surface area contributed by atoms with Crippen molar-refractivity contribution < 1.29 is 9.90 Å². The number of tetrazole rings is 1. The van der Waals surface area contributed by atoms with Crippen molar-refractivity contribution in [3.63, 3.8) is 0 Å². The molecule has 0 aliphatic heterocycles. The fraction of sp³-hybridized carbons (Fsp3) is 0.545. The highest BCUT2D eigenvalue weighted by Gasteiger charge is 2.45. The lowest BCUT2D eigenvalue weighted by Crippen LogP contribution is -2.42. The molecule has 1 fully saturated rings. The Kier molecular flexibility index (Phi) is 2.81. The zero-order valence-corrected chi connectivity index (χ0v) is 11.2. The number of nitrogens with zero attached hydrogens (tertiary/aromatic N) is 5. The minimum Gasteiger partial charge on any atom is -0.481 e. The second-order valence-corrected chi connectivity index (χ2v) is 6.08. The van der Waals surface area contributed by atoms with E-state index in [9.17, 15) is 9.90 Å². The molecule has 0 saturated heterocycles. The van der Waals surface area contributed by atoms with Gasteiger partial charge in [-0.25, -0.2) is 9.67 Å². The zero-order chi connectivity index (χ0) is 13.5. The molecule has 1 aliphatic rings. The summed E-state index contributed by atoms with van der Waals surface area (Å²) in [5.74, 6) is -0.168. The molecule has 0 aromatic carbocycles. The van der Waals surface area contributed by atoms with Crippen molar-refractivity contribution in [3.05, 3.63) is 11.2 Å². The molecular formula is C11H13N5O2S. The molecule has 0 radical (unpaired) electrons. The van der Waals surface area contributed by atoms with Crippen molar-refractivity contribution in [1.82, 2.24) is 25.2 Å². The normalized spacial score (nSPS) is 17.1. The molecule has 19 heavy (non-hydrogen) atoms. The fourth-order valence-corrected chi connectivity index (χ4v) is 3.05. The van der Waals surface area contributed by atoms with Gasteiger partial charge < -0.3 is 5.11 Å². The largest absolute Gasteiger partial charge is 0.481 e. The third-order valence-electron chi connectivity index (χ3n) is 3.59. The van der Waals surface area contributed by atoms with Gasteiger partial charge in [0.2, 0.25) is 0 Å². The highest BCUT2D eigenvalue weighted by Crippen LogP contribution is 2.43. The van der Waals surface area contributed by atoms with Crippen LogP contribution in [0.5, 0.6) is 0 Å². The first kappa shape index (κ1) is 12.2. The molecule has 1 N–H and O–H groups in total. The van der Waals surface area contributed by atoms with Gasteiger partial charge in [-0.1, -0.05) is 6.42 Å². The minimum absolute atomic E-state index is 0.321. The first-order valence-electron chi connectivity index (χ1n) is 6.03. The Morgan fingerprint density at radius 3 is 2.89 bits per heavy atom. The van der Waals surface area contributed by atoms with E-state index in [1.807, 2.05) is 6.92 Å². The second-order valence-electron chi connectivity index (χ2n) is 4.84. The summed E-state index contributed by atoms with van der Waals surface area (Å²) in [5.41, 5.74) is -0.705. The van der Waals surface area contributed by atoms with Crippen LogP contribution in [0.25, 0.3) is 10.7 Å². The Labute approximate surface area is 113 Å². The van der Waals surface area contributed by atoms with Gasteiger partial charge in [-0.05, 0) is 30.2 Å². The predicted octanol–water partition coefficient (Wildman–Crippen LogP) is 1.36. The summed E-state index contributed by atoms with van der Waals surface area (Å²) < 4.78 is 1.58. The van der Waals surface area contributed by atoms with Crippen LogP contribution >= 0.6 is 11.3 Å². The van der Waals surface area contributed by atoms with Gasteiger partial charge in [0.25, 0.3) is 0 Å². The lowest BCUT2D eigenvalue weighted by Gasteiger charge is -2.37. The molecule has 2 aromatic heterocycles. The number of hydrogen-bond acceptors (Lipinski definition) is 6. The Balaban J connectivity index is 1.90. The quantitative estimate of drug-likeness (QED) is 0.908. The van der Waals surface area contributed by atoms with Crippen molar-refractivity contribution in [1.29, 1.82) is 0 Å². The summed E-state index contributed by atoms with van der Waals surface area (Å²) in [6.07, 6.45) is 4.03. The van der Waals surface area contributed by atoms with Gasteiger partial charge >= 0.3 is 5.97 Å². The highest BCUT2D eigenvalue weighted by molar-refractivity contribution is 7.14. The summed E-state index contributed by atoms with van der Waals surface area (Å²) >= 11 is 1.50. The third-order valence-corrected chi connectivity index (χ3v) is 4.50. The maximum absolute atomic E-state index is 11.4. The molecule has 1 saturated carbocycles. The van der Waals surface area contributed by atoms with E-state index >= 15 is 0 Å². The van der Waals surface area contributed by atoms with E-state index < -0.39 is 11.4 Å². The van der Waals surface area contributed by atoms with Gasteiger partial charge in [0.15, 0.2) is 5.82 Å². The van der Waals surface area contributed by atoms with Gasteiger partial charge in [0, 0.05) is 6.20 Å². The smallest absolute Gasteiger partial charge is 0.311 e. The van der Waals surface area contributed by atoms with E-state index in [1.165, 1.54) is 11.3 Å². The molecule has 0 bridgehead atoms. The molecule has 0 atom stereocenters. The Morgan fingerprint density at radius 1 is 1.58 bits per heavy atom. The number of carboxylic acids is 1. The van der Waals surface area contributed by atoms with Gasteiger partial charge in [-0.3, -0.25) is 4.79 Å². The van der Waals surface area contributed by atoms with Crippen LogP contribution in [0.15, 0.2) is 6.20 Å². The third kappa shape index (κ3) is 2.01. The average Bonchev–Trinajstić information content (AvgIpc) is 2.91. The number of aryl methyl sites for hydroxylation is 1. The van der Waals surface area contributed by atoms with Crippen molar-refractivity contribution in [2.24, 2.45) is 5.41 Å². The van der Waals surface area contributed by atoms with Crippen LogP contribution in [0.2, 0.25) is 0 Å². The maximum atomic E-state index is 11.4.